The maximum Gasteiger partial charge on any atom is 0.300 e. The molecule has 0 saturated carbocycles. The van der Waals surface area contributed by atoms with Crippen molar-refractivity contribution in [2.24, 2.45) is 0 Å². The summed E-state index contributed by atoms with van der Waals surface area (Å²) in [6.07, 6.45) is 0.874. The van der Waals surface area contributed by atoms with Crippen molar-refractivity contribution < 1.29 is 24.2 Å². The van der Waals surface area contributed by atoms with Gasteiger partial charge >= 0.3 is 0 Å². The smallest absolute Gasteiger partial charge is 0.300 e. The van der Waals surface area contributed by atoms with Crippen molar-refractivity contribution in [3.8, 4) is 11.5 Å². The summed E-state index contributed by atoms with van der Waals surface area (Å²) in [4.78, 5) is 31.9. The molecule has 1 saturated heterocycles. The number of amides is 1. The van der Waals surface area contributed by atoms with E-state index in [2.05, 4.69) is 4.98 Å². The van der Waals surface area contributed by atoms with Crippen LogP contribution in [0.25, 0.3) is 16.7 Å². The van der Waals surface area contributed by atoms with E-state index in [0.717, 1.165) is 28.6 Å². The van der Waals surface area contributed by atoms with Gasteiger partial charge in [-0.2, -0.15) is 0 Å². The molecule has 1 amide bonds. The summed E-state index contributed by atoms with van der Waals surface area (Å²) in [5.74, 6) is -0.482. The summed E-state index contributed by atoms with van der Waals surface area (Å²) < 4.78 is 11.0. The van der Waals surface area contributed by atoms with E-state index in [0.29, 0.717) is 29.4 Å². The van der Waals surface area contributed by atoms with Gasteiger partial charge in [0.2, 0.25) is 0 Å². The van der Waals surface area contributed by atoms with E-state index in [1.54, 1.807) is 55.6 Å². The van der Waals surface area contributed by atoms with Gasteiger partial charge in [-0.25, -0.2) is 0 Å². The summed E-state index contributed by atoms with van der Waals surface area (Å²) in [6, 6.07) is 20.7. The van der Waals surface area contributed by atoms with Gasteiger partial charge in [0.1, 0.15) is 17.3 Å². The Labute approximate surface area is 214 Å². The number of aromatic amines is 1. The van der Waals surface area contributed by atoms with Crippen molar-refractivity contribution in [3.63, 3.8) is 0 Å². The standard InChI is InChI=1S/C30H28N2O5/c1-4-16-37-21-14-12-19(13-15-21)28(33)26-27(25-18(2)31-24-11-6-5-10-23(24)25)32(30(35)29(26)34)20-8-7-9-22(17-20)36-3/h5-15,17,27,31,33H,4,16H2,1-3H3/b28-26+. The van der Waals surface area contributed by atoms with E-state index in [-0.39, 0.29) is 11.3 Å². The third-order valence-electron chi connectivity index (χ3n) is 6.59. The van der Waals surface area contributed by atoms with Crippen LogP contribution in [0.2, 0.25) is 0 Å². The molecule has 4 aromatic rings. The predicted molar refractivity (Wildman–Crippen MR) is 143 cm³/mol. The summed E-state index contributed by atoms with van der Waals surface area (Å²) in [5.41, 5.74) is 3.39. The van der Waals surface area contributed by atoms with Crippen LogP contribution in [0.15, 0.2) is 78.4 Å². The number of para-hydroxylation sites is 1. The minimum atomic E-state index is -0.848. The molecule has 1 atom stereocenters. The lowest BCUT2D eigenvalue weighted by atomic mass is 9.93. The number of methoxy groups -OCH3 is 1. The molecule has 1 aliphatic heterocycles. The molecule has 0 spiro atoms. The molecule has 188 valence electrons. The molecule has 5 rings (SSSR count). The van der Waals surface area contributed by atoms with Gasteiger partial charge < -0.3 is 19.6 Å². The van der Waals surface area contributed by atoms with Crippen molar-refractivity contribution >= 4 is 34.0 Å². The average molecular weight is 497 g/mol. The zero-order valence-electron chi connectivity index (χ0n) is 20.9. The van der Waals surface area contributed by atoms with Crippen molar-refractivity contribution in [2.45, 2.75) is 26.3 Å². The van der Waals surface area contributed by atoms with Gasteiger partial charge in [0.05, 0.1) is 25.3 Å². The molecule has 7 nitrogen and oxygen atoms in total. The van der Waals surface area contributed by atoms with Gasteiger partial charge in [-0.1, -0.05) is 31.2 Å². The van der Waals surface area contributed by atoms with E-state index in [1.165, 1.54) is 4.90 Å². The van der Waals surface area contributed by atoms with Crippen LogP contribution in [0.5, 0.6) is 11.5 Å². The monoisotopic (exact) mass is 496 g/mol. The van der Waals surface area contributed by atoms with Gasteiger partial charge in [0.15, 0.2) is 0 Å². The molecule has 2 N–H and O–H groups in total. The number of anilines is 1. The van der Waals surface area contributed by atoms with E-state index in [1.807, 2.05) is 38.1 Å². The number of H-pyrrole nitrogens is 1. The number of carbonyl (C=O) groups is 2. The predicted octanol–water partition coefficient (Wildman–Crippen LogP) is 5.90. The first-order valence-corrected chi connectivity index (χ1v) is 12.2. The summed E-state index contributed by atoms with van der Waals surface area (Å²) in [7, 11) is 1.54. The van der Waals surface area contributed by atoms with Crippen LogP contribution in [0.1, 0.15) is 36.2 Å². The number of nitrogens with one attached hydrogen (secondary N) is 1. The molecule has 1 unspecified atom stereocenters. The fraction of sp³-hybridized carbons (Fsp3) is 0.200. The van der Waals surface area contributed by atoms with E-state index in [4.69, 9.17) is 9.47 Å². The summed E-state index contributed by atoms with van der Waals surface area (Å²) in [6.45, 7) is 4.51. The third-order valence-corrected chi connectivity index (χ3v) is 6.59. The van der Waals surface area contributed by atoms with Gasteiger partial charge in [-0.15, -0.1) is 0 Å². The molecule has 1 fully saturated rings. The molecule has 0 bridgehead atoms. The molecule has 1 aromatic heterocycles. The Morgan fingerprint density at radius 3 is 2.49 bits per heavy atom. The zero-order chi connectivity index (χ0) is 26.1. The first kappa shape index (κ1) is 24.2. The number of aliphatic hydroxyl groups excluding tert-OH is 1. The Morgan fingerprint density at radius 2 is 1.76 bits per heavy atom. The van der Waals surface area contributed by atoms with Crippen LogP contribution < -0.4 is 14.4 Å². The van der Waals surface area contributed by atoms with Crippen molar-refractivity contribution in [2.75, 3.05) is 18.6 Å². The molecule has 7 heteroatoms. The molecule has 3 aromatic carbocycles. The van der Waals surface area contributed by atoms with Crippen molar-refractivity contribution in [1.82, 2.24) is 4.98 Å². The quantitative estimate of drug-likeness (QED) is 0.189. The van der Waals surface area contributed by atoms with Crippen molar-refractivity contribution in [1.29, 1.82) is 0 Å². The number of aromatic nitrogens is 1. The van der Waals surface area contributed by atoms with Crippen LogP contribution >= 0.6 is 0 Å². The number of Topliss-reactive ketones (excluding diaryl/α,β-unsaturated/α-hetero) is 1. The molecule has 2 heterocycles. The summed E-state index contributed by atoms with van der Waals surface area (Å²) >= 11 is 0. The van der Waals surface area contributed by atoms with Gasteiger partial charge in [-0.3, -0.25) is 14.5 Å². The number of benzene rings is 3. The lowest BCUT2D eigenvalue weighted by Gasteiger charge is -2.26. The van der Waals surface area contributed by atoms with Crippen LogP contribution in [-0.4, -0.2) is 35.5 Å². The average Bonchev–Trinajstić information content (AvgIpc) is 3.39. The molecular formula is C30H28N2O5. The first-order valence-electron chi connectivity index (χ1n) is 12.2. The van der Waals surface area contributed by atoms with Gasteiger partial charge in [-0.05, 0) is 55.8 Å². The highest BCUT2D eigenvalue weighted by Crippen LogP contribution is 2.46. The lowest BCUT2D eigenvalue weighted by molar-refractivity contribution is -0.132. The second kappa shape index (κ2) is 9.85. The van der Waals surface area contributed by atoms with Gasteiger partial charge in [0.25, 0.3) is 11.7 Å². The fourth-order valence-corrected chi connectivity index (χ4v) is 4.87. The number of aryl methyl sites for hydroxylation is 1. The zero-order valence-corrected chi connectivity index (χ0v) is 20.9. The number of aliphatic hydroxyl groups is 1. The third kappa shape index (κ3) is 4.22. The Kier molecular flexibility index (Phi) is 6.44. The number of hydrogen-bond donors (Lipinski definition) is 2. The topological polar surface area (TPSA) is 91.9 Å². The van der Waals surface area contributed by atoms with E-state index in [9.17, 15) is 14.7 Å². The molecule has 37 heavy (non-hydrogen) atoms. The number of carbonyl (C=O) groups excluding carboxylic acids is 2. The minimum Gasteiger partial charge on any atom is -0.507 e. The van der Waals surface area contributed by atoms with Gasteiger partial charge in [0, 0.05) is 39.5 Å². The SMILES string of the molecule is CCCOc1ccc(/C(O)=C2\C(=O)C(=O)N(c3cccc(OC)c3)C2c2c(C)[nH]c3ccccc23)cc1. The maximum absolute atomic E-state index is 13.5. The number of rotatable bonds is 7. The van der Waals surface area contributed by atoms with E-state index >= 15 is 0 Å². The fourth-order valence-electron chi connectivity index (χ4n) is 4.87. The highest BCUT2D eigenvalue weighted by Gasteiger charge is 2.48. The maximum atomic E-state index is 13.5. The normalized spacial score (nSPS) is 16.9. The number of fused-ring (bicyclic) bond motifs is 1. The molecular weight excluding hydrogens is 468 g/mol. The lowest BCUT2D eigenvalue weighted by Crippen LogP contribution is -2.29. The molecule has 0 aliphatic carbocycles. The van der Waals surface area contributed by atoms with Crippen LogP contribution in [0.3, 0.4) is 0 Å². The number of hydrogen-bond acceptors (Lipinski definition) is 5. The Bertz CT molecular complexity index is 1520. The Balaban J connectivity index is 1.72. The molecule has 0 radical (unpaired) electrons. The van der Waals surface area contributed by atoms with Crippen LogP contribution in [0.4, 0.5) is 5.69 Å². The Hall–Kier alpha value is -4.52. The summed E-state index contributed by atoms with van der Waals surface area (Å²) in [5, 5.41) is 12.3. The minimum absolute atomic E-state index is 0.0305. The molecule has 1 aliphatic rings. The highest BCUT2D eigenvalue weighted by atomic mass is 16.5. The van der Waals surface area contributed by atoms with Crippen molar-refractivity contribution in [3.05, 3.63) is 95.2 Å². The Morgan fingerprint density at radius 1 is 1.00 bits per heavy atom. The largest absolute Gasteiger partial charge is 0.507 e. The van der Waals surface area contributed by atoms with Crippen LogP contribution in [0, 0.1) is 6.92 Å². The number of ketones is 1. The second-order valence-electron chi connectivity index (χ2n) is 8.95. The first-order chi connectivity index (χ1) is 17.9. The van der Waals surface area contributed by atoms with E-state index < -0.39 is 17.7 Å². The van der Waals surface area contributed by atoms with Crippen LogP contribution in [-0.2, 0) is 9.59 Å². The highest BCUT2D eigenvalue weighted by molar-refractivity contribution is 6.52. The number of ether oxygens (including phenoxy) is 2. The second-order valence-corrected chi connectivity index (χ2v) is 8.95. The number of nitrogens with zero attached hydrogens (tertiary/aromatic N) is 1.